The fraction of sp³-hybridized carbons (Fsp3) is 0. The van der Waals surface area contributed by atoms with Gasteiger partial charge >= 0.3 is 5.97 Å². The number of carboxylic acids is 1. The summed E-state index contributed by atoms with van der Waals surface area (Å²) in [6.07, 6.45) is 1.16. The van der Waals surface area contributed by atoms with Crippen LogP contribution in [0.25, 0.3) is 11.5 Å². The summed E-state index contributed by atoms with van der Waals surface area (Å²) in [4.78, 5) is 27.4. The molecule has 3 aromatic rings. The first kappa shape index (κ1) is 17.8. The minimum Gasteiger partial charge on any atom is -0.507 e. The zero-order valence-corrected chi connectivity index (χ0v) is 14.4. The third-order valence-corrected chi connectivity index (χ3v) is 4.13. The molecule has 1 amide bonds. The summed E-state index contributed by atoms with van der Waals surface area (Å²) < 4.78 is 5.28. The van der Waals surface area contributed by atoms with Crippen molar-refractivity contribution in [3.05, 3.63) is 64.0 Å². The molecule has 0 radical (unpaired) electrons. The maximum absolute atomic E-state index is 12.3. The molecule has 0 aliphatic carbocycles. The van der Waals surface area contributed by atoms with E-state index in [4.69, 9.17) is 32.7 Å². The van der Waals surface area contributed by atoms with E-state index in [1.165, 1.54) is 12.1 Å². The Bertz CT molecular complexity index is 1020. The van der Waals surface area contributed by atoms with Gasteiger partial charge in [0.2, 0.25) is 5.89 Å². The largest absolute Gasteiger partial charge is 0.507 e. The van der Waals surface area contributed by atoms with Crippen molar-refractivity contribution in [3.8, 4) is 17.2 Å². The van der Waals surface area contributed by atoms with Crippen molar-refractivity contribution >= 4 is 40.8 Å². The Kier molecular flexibility index (Phi) is 4.83. The van der Waals surface area contributed by atoms with Crippen LogP contribution in [-0.2, 0) is 0 Å². The van der Waals surface area contributed by atoms with Crippen molar-refractivity contribution in [1.82, 2.24) is 4.98 Å². The number of hydrogen-bond donors (Lipinski definition) is 3. The van der Waals surface area contributed by atoms with Crippen LogP contribution in [-0.4, -0.2) is 27.1 Å². The Morgan fingerprint density at radius 2 is 1.85 bits per heavy atom. The third kappa shape index (κ3) is 3.63. The molecule has 0 spiro atoms. The summed E-state index contributed by atoms with van der Waals surface area (Å²) in [7, 11) is 0. The van der Waals surface area contributed by atoms with Crippen molar-refractivity contribution < 1.29 is 24.2 Å². The van der Waals surface area contributed by atoms with Gasteiger partial charge in [-0.25, -0.2) is 9.78 Å². The number of rotatable bonds is 4. The van der Waals surface area contributed by atoms with E-state index >= 15 is 0 Å². The lowest BCUT2D eigenvalue weighted by Gasteiger charge is -2.05. The van der Waals surface area contributed by atoms with Crippen molar-refractivity contribution in [3.63, 3.8) is 0 Å². The van der Waals surface area contributed by atoms with Crippen LogP contribution in [0.3, 0.4) is 0 Å². The highest BCUT2D eigenvalue weighted by Gasteiger charge is 2.16. The van der Waals surface area contributed by atoms with Crippen molar-refractivity contribution in [1.29, 1.82) is 0 Å². The number of phenols is 1. The molecule has 0 bridgehead atoms. The summed E-state index contributed by atoms with van der Waals surface area (Å²) in [5.74, 6) is -2.16. The molecule has 9 heteroatoms. The number of hydrogen-bond acceptors (Lipinski definition) is 5. The van der Waals surface area contributed by atoms with Gasteiger partial charge in [0.25, 0.3) is 5.91 Å². The maximum Gasteiger partial charge on any atom is 0.339 e. The number of aromatic nitrogens is 1. The zero-order chi connectivity index (χ0) is 18.8. The number of nitrogens with zero attached hydrogens (tertiary/aromatic N) is 1. The van der Waals surface area contributed by atoms with E-state index in [0.29, 0.717) is 15.6 Å². The van der Waals surface area contributed by atoms with Gasteiger partial charge in [0.1, 0.15) is 17.6 Å². The number of aromatic hydroxyl groups is 1. The first-order chi connectivity index (χ1) is 12.3. The zero-order valence-electron chi connectivity index (χ0n) is 12.9. The van der Waals surface area contributed by atoms with Crippen LogP contribution in [0, 0.1) is 0 Å². The molecule has 0 unspecified atom stereocenters. The molecule has 1 aromatic heterocycles. The molecule has 0 saturated heterocycles. The lowest BCUT2D eigenvalue weighted by Crippen LogP contribution is -2.12. The molecule has 0 aliphatic rings. The molecule has 26 heavy (non-hydrogen) atoms. The quantitative estimate of drug-likeness (QED) is 0.570. The van der Waals surface area contributed by atoms with E-state index < -0.39 is 17.6 Å². The fourth-order valence-electron chi connectivity index (χ4n) is 2.12. The van der Waals surface area contributed by atoms with Crippen LogP contribution < -0.4 is 5.32 Å². The lowest BCUT2D eigenvalue weighted by atomic mass is 10.2. The van der Waals surface area contributed by atoms with Crippen molar-refractivity contribution in [2.45, 2.75) is 0 Å². The topological polar surface area (TPSA) is 113 Å². The van der Waals surface area contributed by atoms with Gasteiger partial charge in [-0.1, -0.05) is 23.2 Å². The second kappa shape index (κ2) is 7.07. The normalized spacial score (nSPS) is 10.5. The Morgan fingerprint density at radius 3 is 2.54 bits per heavy atom. The van der Waals surface area contributed by atoms with Crippen LogP contribution in [0.2, 0.25) is 10.0 Å². The highest BCUT2D eigenvalue weighted by atomic mass is 35.5. The average molecular weight is 393 g/mol. The van der Waals surface area contributed by atoms with Crippen LogP contribution >= 0.6 is 23.2 Å². The van der Waals surface area contributed by atoms with Crippen molar-refractivity contribution in [2.75, 3.05) is 5.32 Å². The summed E-state index contributed by atoms with van der Waals surface area (Å²) in [5, 5.41) is 21.7. The van der Waals surface area contributed by atoms with E-state index in [9.17, 15) is 14.7 Å². The Balaban J connectivity index is 1.81. The number of amides is 1. The predicted octanol–water partition coefficient (Wildman–Crippen LogP) is 4.30. The van der Waals surface area contributed by atoms with Gasteiger partial charge in [-0.2, -0.15) is 0 Å². The fourth-order valence-corrected chi connectivity index (χ4v) is 2.42. The predicted molar refractivity (Wildman–Crippen MR) is 95.0 cm³/mol. The number of anilines is 1. The van der Waals surface area contributed by atoms with E-state index in [1.807, 2.05) is 0 Å². The van der Waals surface area contributed by atoms with E-state index in [1.54, 1.807) is 18.2 Å². The van der Waals surface area contributed by atoms with E-state index in [2.05, 4.69) is 10.3 Å². The molecule has 0 saturated carbocycles. The molecule has 7 nitrogen and oxygen atoms in total. The molecule has 0 aliphatic heterocycles. The third-order valence-electron chi connectivity index (χ3n) is 3.39. The number of carbonyl (C=O) groups excluding carboxylic acids is 1. The SMILES string of the molecule is O=C(Nc1ccc(O)c(C(=O)O)c1)c1coc(-c2ccc(Cl)c(Cl)c2)n1. The Morgan fingerprint density at radius 1 is 1.08 bits per heavy atom. The maximum atomic E-state index is 12.3. The molecular formula is C17H10Cl2N2O5. The van der Waals surface area contributed by atoms with Gasteiger partial charge in [0.15, 0.2) is 5.69 Å². The molecule has 3 rings (SSSR count). The Labute approximate surface area is 156 Å². The van der Waals surface area contributed by atoms with Crippen molar-refractivity contribution in [2.24, 2.45) is 0 Å². The van der Waals surface area contributed by atoms with Gasteiger partial charge in [0, 0.05) is 11.3 Å². The molecular weight excluding hydrogens is 383 g/mol. The first-order valence-electron chi connectivity index (χ1n) is 7.14. The summed E-state index contributed by atoms with van der Waals surface area (Å²) in [6, 6.07) is 8.43. The van der Waals surface area contributed by atoms with Crippen LogP contribution in [0.4, 0.5) is 5.69 Å². The van der Waals surface area contributed by atoms with Gasteiger partial charge in [-0.15, -0.1) is 0 Å². The Hall–Kier alpha value is -3.03. The number of nitrogens with one attached hydrogen (secondary N) is 1. The molecule has 1 heterocycles. The van der Waals surface area contributed by atoms with Gasteiger partial charge in [-0.05, 0) is 36.4 Å². The number of oxazole rings is 1. The molecule has 0 fully saturated rings. The molecule has 132 valence electrons. The summed E-state index contributed by atoms with van der Waals surface area (Å²) in [6.45, 7) is 0. The first-order valence-corrected chi connectivity index (χ1v) is 7.89. The monoisotopic (exact) mass is 392 g/mol. The average Bonchev–Trinajstić information content (AvgIpc) is 3.09. The number of aromatic carboxylic acids is 1. The van der Waals surface area contributed by atoms with Crippen LogP contribution in [0.5, 0.6) is 5.75 Å². The minimum absolute atomic E-state index is 0.0176. The van der Waals surface area contributed by atoms with Gasteiger partial charge in [0.05, 0.1) is 10.0 Å². The smallest absolute Gasteiger partial charge is 0.339 e. The standard InChI is InChI=1S/C17H10Cl2N2O5/c18-11-3-1-8(5-12(11)19)16-21-13(7-26-16)15(23)20-9-2-4-14(22)10(6-9)17(24)25/h1-7,22H,(H,20,23)(H,24,25). The van der Waals surface area contributed by atoms with E-state index in [0.717, 1.165) is 12.3 Å². The number of benzene rings is 2. The van der Waals surface area contributed by atoms with Gasteiger partial charge in [-0.3, -0.25) is 4.79 Å². The summed E-state index contributed by atoms with van der Waals surface area (Å²) in [5.41, 5.74) is 0.371. The molecule has 0 atom stereocenters. The number of carboxylic acid groups (broad SMARTS) is 1. The molecule has 3 N–H and O–H groups in total. The second-order valence-electron chi connectivity index (χ2n) is 5.16. The van der Waals surface area contributed by atoms with Crippen LogP contribution in [0.1, 0.15) is 20.8 Å². The second-order valence-corrected chi connectivity index (χ2v) is 5.97. The number of halogens is 2. The number of carbonyl (C=O) groups is 2. The van der Waals surface area contributed by atoms with Crippen LogP contribution in [0.15, 0.2) is 47.1 Å². The highest BCUT2D eigenvalue weighted by molar-refractivity contribution is 6.42. The lowest BCUT2D eigenvalue weighted by molar-refractivity contribution is 0.0693. The highest BCUT2D eigenvalue weighted by Crippen LogP contribution is 2.28. The van der Waals surface area contributed by atoms with E-state index in [-0.39, 0.29) is 22.8 Å². The molecule has 2 aromatic carbocycles. The summed E-state index contributed by atoms with van der Waals surface area (Å²) >= 11 is 11.8. The van der Waals surface area contributed by atoms with Gasteiger partial charge < -0.3 is 19.9 Å². The minimum atomic E-state index is -1.32.